The van der Waals surface area contributed by atoms with Crippen LogP contribution in [0.4, 0.5) is 5.13 Å². The number of unbranched alkanes of at least 4 members (excludes halogenated alkanes) is 1. The van der Waals surface area contributed by atoms with E-state index in [1.54, 1.807) is 0 Å². The van der Waals surface area contributed by atoms with Gasteiger partial charge in [-0.05, 0) is 19.3 Å². The Bertz CT molecular complexity index is 522. The molecule has 0 aromatic carbocycles. The van der Waals surface area contributed by atoms with Gasteiger partial charge in [0.15, 0.2) is 11.8 Å². The molecule has 21 heavy (non-hydrogen) atoms. The highest BCUT2D eigenvalue weighted by Crippen LogP contribution is 2.19. The second kappa shape index (κ2) is 8.84. The lowest BCUT2D eigenvalue weighted by Crippen LogP contribution is -2.31. The minimum atomic E-state index is -0.407. The SMILES string of the molecule is CN=C(C[N+](=O)[O-])NCCCCc1csc(N=C(N)N)n1. The highest BCUT2D eigenvalue weighted by Gasteiger charge is 2.05. The average molecular weight is 313 g/mol. The Labute approximate surface area is 126 Å². The Morgan fingerprint density at radius 2 is 2.29 bits per heavy atom. The van der Waals surface area contributed by atoms with Crippen LogP contribution in [0.1, 0.15) is 18.5 Å². The molecular formula is C11H19N7O2S. The van der Waals surface area contributed by atoms with E-state index in [9.17, 15) is 10.1 Å². The molecule has 0 radical (unpaired) electrons. The first kappa shape index (κ1) is 16.8. The van der Waals surface area contributed by atoms with Crippen LogP contribution in [-0.4, -0.2) is 41.8 Å². The minimum Gasteiger partial charge on any atom is -0.370 e. The summed E-state index contributed by atoms with van der Waals surface area (Å²) in [7, 11) is 1.53. The smallest absolute Gasteiger partial charge is 0.259 e. The normalized spacial score (nSPS) is 11.2. The molecule has 0 saturated carbocycles. The highest BCUT2D eigenvalue weighted by atomic mass is 32.1. The molecule has 10 heteroatoms. The summed E-state index contributed by atoms with van der Waals surface area (Å²) in [5.74, 6) is 0.390. The van der Waals surface area contributed by atoms with Gasteiger partial charge >= 0.3 is 0 Å². The lowest BCUT2D eigenvalue weighted by molar-refractivity contribution is -0.463. The number of nitrogens with two attached hydrogens (primary N) is 2. The van der Waals surface area contributed by atoms with Crippen molar-refractivity contribution in [1.29, 1.82) is 0 Å². The molecule has 9 nitrogen and oxygen atoms in total. The van der Waals surface area contributed by atoms with Gasteiger partial charge in [-0.2, -0.15) is 4.99 Å². The third kappa shape index (κ3) is 7.20. The van der Waals surface area contributed by atoms with Crippen molar-refractivity contribution in [3.05, 3.63) is 21.2 Å². The van der Waals surface area contributed by atoms with Crippen LogP contribution in [0.15, 0.2) is 15.4 Å². The van der Waals surface area contributed by atoms with Crippen molar-refractivity contribution >= 4 is 28.3 Å². The molecule has 1 aromatic rings. The lowest BCUT2D eigenvalue weighted by atomic mass is 10.2. The van der Waals surface area contributed by atoms with E-state index in [0.29, 0.717) is 17.5 Å². The Morgan fingerprint density at radius 1 is 1.52 bits per heavy atom. The van der Waals surface area contributed by atoms with E-state index < -0.39 is 4.92 Å². The number of nitro groups is 1. The van der Waals surface area contributed by atoms with Crippen molar-refractivity contribution in [1.82, 2.24) is 10.3 Å². The van der Waals surface area contributed by atoms with Crippen LogP contribution in [-0.2, 0) is 6.42 Å². The van der Waals surface area contributed by atoms with E-state index in [4.69, 9.17) is 11.5 Å². The summed E-state index contributed by atoms with van der Waals surface area (Å²) in [5.41, 5.74) is 11.5. The highest BCUT2D eigenvalue weighted by molar-refractivity contribution is 7.13. The summed E-state index contributed by atoms with van der Waals surface area (Å²) in [6, 6.07) is 0. The number of thiazole rings is 1. The van der Waals surface area contributed by atoms with E-state index >= 15 is 0 Å². The fourth-order valence-electron chi connectivity index (χ4n) is 1.56. The molecule has 0 amide bonds. The molecule has 1 rings (SSSR count). The first-order valence-corrected chi connectivity index (χ1v) is 7.24. The summed E-state index contributed by atoms with van der Waals surface area (Å²) < 4.78 is 0. The molecule has 0 saturated heterocycles. The van der Waals surface area contributed by atoms with Gasteiger partial charge in [0.05, 0.1) is 5.69 Å². The average Bonchev–Trinajstić information content (AvgIpc) is 2.83. The van der Waals surface area contributed by atoms with Gasteiger partial charge in [0.1, 0.15) is 0 Å². The summed E-state index contributed by atoms with van der Waals surface area (Å²) in [5, 5.41) is 15.8. The van der Waals surface area contributed by atoms with Crippen LogP contribution in [0.2, 0.25) is 0 Å². The first-order chi connectivity index (χ1) is 10.0. The Balaban J connectivity index is 2.24. The molecule has 1 aromatic heterocycles. The molecule has 0 fully saturated rings. The third-order valence-corrected chi connectivity index (χ3v) is 3.29. The molecule has 5 N–H and O–H groups in total. The number of amidine groups is 1. The van der Waals surface area contributed by atoms with Gasteiger partial charge in [-0.3, -0.25) is 15.1 Å². The number of hydrogen-bond donors (Lipinski definition) is 3. The molecule has 1 heterocycles. The van der Waals surface area contributed by atoms with Crippen LogP contribution in [0, 0.1) is 10.1 Å². The van der Waals surface area contributed by atoms with Crippen molar-refractivity contribution in [2.75, 3.05) is 20.1 Å². The number of nitrogens with one attached hydrogen (secondary N) is 1. The molecule has 0 unspecified atom stereocenters. The predicted octanol–water partition coefficient (Wildman–Crippen LogP) is 0.265. The van der Waals surface area contributed by atoms with Gasteiger partial charge < -0.3 is 16.8 Å². The van der Waals surface area contributed by atoms with Crippen LogP contribution in [0.5, 0.6) is 0 Å². The topological polar surface area (TPSA) is 145 Å². The van der Waals surface area contributed by atoms with Gasteiger partial charge in [0.2, 0.25) is 5.13 Å². The monoisotopic (exact) mass is 313 g/mol. The molecule has 0 atom stereocenters. The number of aryl methyl sites for hydroxylation is 1. The van der Waals surface area contributed by atoms with Crippen LogP contribution < -0.4 is 16.8 Å². The number of aliphatic imine (C=N–C) groups is 2. The number of hydrogen-bond acceptors (Lipinski definition) is 6. The standard InChI is InChI=1S/C11H19N7O2S/c1-14-9(6-18(19)20)15-5-3-2-4-8-7-21-11(16-8)17-10(12)13/h7H,2-6H2,1H3,(H,14,15)(H4,12,13,16,17). The summed E-state index contributed by atoms with van der Waals surface area (Å²) in [6.07, 6.45) is 2.59. The van der Waals surface area contributed by atoms with E-state index in [-0.39, 0.29) is 12.5 Å². The maximum Gasteiger partial charge on any atom is 0.259 e. The second-order valence-corrected chi connectivity index (χ2v) is 5.04. The van der Waals surface area contributed by atoms with Gasteiger partial charge in [0, 0.05) is 23.9 Å². The van der Waals surface area contributed by atoms with Crippen LogP contribution in [0.3, 0.4) is 0 Å². The predicted molar refractivity (Wildman–Crippen MR) is 83.7 cm³/mol. The summed E-state index contributed by atoms with van der Waals surface area (Å²) in [4.78, 5) is 21.9. The molecule has 0 aliphatic heterocycles. The largest absolute Gasteiger partial charge is 0.370 e. The molecule has 0 spiro atoms. The molecule has 0 aliphatic carbocycles. The Kier molecular flexibility index (Phi) is 7.09. The zero-order chi connectivity index (χ0) is 15.7. The van der Waals surface area contributed by atoms with Crippen molar-refractivity contribution in [3.63, 3.8) is 0 Å². The van der Waals surface area contributed by atoms with Gasteiger partial charge in [0.25, 0.3) is 6.54 Å². The maximum absolute atomic E-state index is 10.4. The summed E-state index contributed by atoms with van der Waals surface area (Å²) >= 11 is 1.39. The lowest BCUT2D eigenvalue weighted by Gasteiger charge is -2.05. The summed E-state index contributed by atoms with van der Waals surface area (Å²) in [6.45, 7) is 0.371. The van der Waals surface area contributed by atoms with E-state index in [2.05, 4.69) is 20.3 Å². The fourth-order valence-corrected chi connectivity index (χ4v) is 2.30. The van der Waals surface area contributed by atoms with Gasteiger partial charge in [-0.15, -0.1) is 11.3 Å². The Hall–Kier alpha value is -2.23. The number of rotatable bonds is 8. The van der Waals surface area contributed by atoms with Crippen LogP contribution >= 0.6 is 11.3 Å². The van der Waals surface area contributed by atoms with Crippen molar-refractivity contribution in [3.8, 4) is 0 Å². The maximum atomic E-state index is 10.4. The minimum absolute atomic E-state index is 0.00253. The number of nitrogens with zero attached hydrogens (tertiary/aromatic N) is 4. The number of guanidine groups is 1. The quantitative estimate of drug-likeness (QED) is 0.206. The Morgan fingerprint density at radius 3 is 2.90 bits per heavy atom. The first-order valence-electron chi connectivity index (χ1n) is 6.36. The molecule has 0 bridgehead atoms. The van der Waals surface area contributed by atoms with Crippen molar-refractivity contribution in [2.45, 2.75) is 19.3 Å². The second-order valence-electron chi connectivity index (χ2n) is 4.20. The fraction of sp³-hybridized carbons (Fsp3) is 0.545. The molecule has 116 valence electrons. The zero-order valence-electron chi connectivity index (χ0n) is 11.8. The molecular weight excluding hydrogens is 294 g/mol. The van der Waals surface area contributed by atoms with Crippen molar-refractivity contribution in [2.24, 2.45) is 21.5 Å². The zero-order valence-corrected chi connectivity index (χ0v) is 12.6. The van der Waals surface area contributed by atoms with E-state index in [0.717, 1.165) is 25.0 Å². The third-order valence-electron chi connectivity index (χ3n) is 2.50. The van der Waals surface area contributed by atoms with E-state index in [1.165, 1.54) is 18.4 Å². The van der Waals surface area contributed by atoms with Gasteiger partial charge in [-0.1, -0.05) is 0 Å². The molecule has 0 aliphatic rings. The van der Waals surface area contributed by atoms with Crippen molar-refractivity contribution < 1.29 is 4.92 Å². The van der Waals surface area contributed by atoms with Gasteiger partial charge in [-0.25, -0.2) is 4.98 Å². The number of aromatic nitrogens is 1. The van der Waals surface area contributed by atoms with Crippen LogP contribution in [0.25, 0.3) is 0 Å². The van der Waals surface area contributed by atoms with E-state index in [1.807, 2.05) is 5.38 Å².